The van der Waals surface area contributed by atoms with Crippen LogP contribution in [0.15, 0.2) is 42.6 Å². The number of hydrogen-bond acceptors (Lipinski definition) is 3. The molecule has 0 saturated heterocycles. The van der Waals surface area contributed by atoms with Crippen molar-refractivity contribution < 1.29 is 14.2 Å². The molecule has 24 heavy (non-hydrogen) atoms. The first-order valence-electron chi connectivity index (χ1n) is 8.46. The summed E-state index contributed by atoms with van der Waals surface area (Å²) >= 11 is 0. The van der Waals surface area contributed by atoms with Gasteiger partial charge in [-0.3, -0.25) is 4.90 Å². The maximum absolute atomic E-state index is 13.9. The molecule has 1 saturated carbocycles. The second kappa shape index (κ2) is 7.92. The molecule has 1 aliphatic rings. The zero-order valence-corrected chi connectivity index (χ0v) is 14.1. The minimum absolute atomic E-state index is 0.174. The number of benzene rings is 1. The second-order valence-electron chi connectivity index (χ2n) is 6.49. The molecule has 2 aromatic rings. The van der Waals surface area contributed by atoms with Crippen molar-refractivity contribution in [3.63, 3.8) is 0 Å². The number of halogens is 1. The van der Waals surface area contributed by atoms with Crippen LogP contribution in [0.4, 0.5) is 4.39 Å². The van der Waals surface area contributed by atoms with Gasteiger partial charge in [0.1, 0.15) is 5.82 Å². The van der Waals surface area contributed by atoms with Gasteiger partial charge in [-0.15, -0.1) is 0 Å². The summed E-state index contributed by atoms with van der Waals surface area (Å²) in [6.07, 6.45) is 3.85. The summed E-state index contributed by atoms with van der Waals surface area (Å²) in [5.74, 6) is -0.174. The quantitative estimate of drug-likeness (QED) is 0.767. The van der Waals surface area contributed by atoms with Crippen LogP contribution in [0.3, 0.4) is 0 Å². The van der Waals surface area contributed by atoms with Crippen molar-refractivity contribution in [2.45, 2.75) is 38.1 Å². The maximum atomic E-state index is 13.9. The maximum Gasteiger partial charge on any atom is 0.128 e. The molecule has 5 heteroatoms. The average molecular weight is 332 g/mol. The zero-order valence-electron chi connectivity index (χ0n) is 14.1. The van der Waals surface area contributed by atoms with E-state index in [1.165, 1.54) is 18.9 Å². The number of ether oxygens (including phenoxy) is 1. The molecule has 1 heterocycles. The molecule has 3 rings (SSSR count). The first kappa shape index (κ1) is 17.1. The van der Waals surface area contributed by atoms with Crippen molar-refractivity contribution in [2.75, 3.05) is 20.3 Å². The Labute approximate surface area is 142 Å². The van der Waals surface area contributed by atoms with Crippen LogP contribution in [0.2, 0.25) is 0 Å². The van der Waals surface area contributed by atoms with E-state index in [4.69, 9.17) is 4.74 Å². The highest BCUT2D eigenvalue weighted by Gasteiger charge is 2.30. The van der Waals surface area contributed by atoms with Crippen LogP contribution in [0.5, 0.6) is 0 Å². The van der Waals surface area contributed by atoms with Crippen LogP contribution in [-0.4, -0.2) is 47.0 Å². The first-order valence-corrected chi connectivity index (χ1v) is 8.46. The number of hydrogen-bond donors (Lipinski definition) is 1. The van der Waals surface area contributed by atoms with Gasteiger partial charge in [-0.2, -0.15) is 0 Å². The smallest absolute Gasteiger partial charge is 0.128 e. The number of aliphatic hydroxyl groups is 1. The minimum atomic E-state index is -0.481. The van der Waals surface area contributed by atoms with Gasteiger partial charge in [0.25, 0.3) is 0 Å². The van der Waals surface area contributed by atoms with Crippen molar-refractivity contribution in [1.82, 2.24) is 9.47 Å². The lowest BCUT2D eigenvalue weighted by Gasteiger charge is -2.25. The van der Waals surface area contributed by atoms with Gasteiger partial charge in [0.05, 0.1) is 19.3 Å². The Kier molecular flexibility index (Phi) is 5.66. The summed E-state index contributed by atoms with van der Waals surface area (Å²) in [5.41, 5.74) is 1.82. The highest BCUT2D eigenvalue weighted by atomic mass is 19.1. The Morgan fingerprint density at radius 2 is 2.08 bits per heavy atom. The molecule has 1 aromatic carbocycles. The van der Waals surface area contributed by atoms with Gasteiger partial charge >= 0.3 is 0 Å². The summed E-state index contributed by atoms with van der Waals surface area (Å²) in [4.78, 5) is 2.30. The van der Waals surface area contributed by atoms with Crippen molar-refractivity contribution in [2.24, 2.45) is 0 Å². The Morgan fingerprint density at radius 3 is 2.79 bits per heavy atom. The molecule has 1 aliphatic carbocycles. The van der Waals surface area contributed by atoms with Crippen LogP contribution in [0.1, 0.15) is 24.1 Å². The number of aliphatic hydroxyl groups excluding tert-OH is 1. The fourth-order valence-electron chi connectivity index (χ4n) is 3.06. The predicted molar refractivity (Wildman–Crippen MR) is 91.2 cm³/mol. The molecule has 0 amide bonds. The van der Waals surface area contributed by atoms with Gasteiger partial charge in [-0.25, -0.2) is 4.39 Å². The second-order valence-corrected chi connectivity index (χ2v) is 6.49. The summed E-state index contributed by atoms with van der Waals surface area (Å²) in [7, 11) is 1.60. The Bertz CT molecular complexity index is 654. The van der Waals surface area contributed by atoms with Gasteiger partial charge in [0.15, 0.2) is 0 Å². The highest BCUT2D eigenvalue weighted by Crippen LogP contribution is 2.28. The van der Waals surface area contributed by atoms with E-state index in [2.05, 4.69) is 15.5 Å². The van der Waals surface area contributed by atoms with Crippen LogP contribution in [0, 0.1) is 5.82 Å². The molecule has 1 fully saturated rings. The van der Waals surface area contributed by atoms with Gasteiger partial charge in [0.2, 0.25) is 0 Å². The summed E-state index contributed by atoms with van der Waals surface area (Å²) in [5, 5.41) is 10.0. The van der Waals surface area contributed by atoms with E-state index in [0.29, 0.717) is 31.3 Å². The summed E-state index contributed by atoms with van der Waals surface area (Å²) in [6.45, 7) is 2.23. The van der Waals surface area contributed by atoms with Crippen molar-refractivity contribution in [3.8, 4) is 0 Å². The summed E-state index contributed by atoms with van der Waals surface area (Å²) < 4.78 is 21.0. The van der Waals surface area contributed by atoms with E-state index in [1.807, 2.05) is 24.4 Å². The van der Waals surface area contributed by atoms with Gasteiger partial charge in [-0.1, -0.05) is 18.2 Å². The highest BCUT2D eigenvalue weighted by molar-refractivity contribution is 5.19. The first-order chi connectivity index (χ1) is 11.7. The van der Waals surface area contributed by atoms with Crippen LogP contribution >= 0.6 is 0 Å². The average Bonchev–Trinajstić information content (AvgIpc) is 3.32. The number of rotatable bonds is 9. The summed E-state index contributed by atoms with van der Waals surface area (Å²) in [6, 6.07) is 11.5. The van der Waals surface area contributed by atoms with E-state index in [0.717, 1.165) is 12.2 Å². The molecule has 1 unspecified atom stereocenters. The lowest BCUT2D eigenvalue weighted by atomic mass is 10.2. The standard InChI is InChI=1S/C19H25FN2O2/c1-24-14-18(23)13-22(16-8-9-16)12-17-6-4-10-21(17)11-15-5-2-3-7-19(15)20/h2-7,10,16,18,23H,8-9,11-14H2,1H3. The largest absolute Gasteiger partial charge is 0.389 e. The third kappa shape index (κ3) is 4.44. The molecule has 0 bridgehead atoms. The van der Waals surface area contributed by atoms with Gasteiger partial charge in [0, 0.05) is 43.7 Å². The third-order valence-corrected chi connectivity index (χ3v) is 4.45. The molecule has 1 atom stereocenters. The predicted octanol–water partition coefficient (Wildman–Crippen LogP) is 2.65. The number of nitrogens with zero attached hydrogens (tertiary/aromatic N) is 2. The SMILES string of the molecule is COCC(O)CN(Cc1cccn1Cc1ccccc1F)C1CC1. The molecule has 0 spiro atoms. The number of methoxy groups -OCH3 is 1. The van der Waals surface area contributed by atoms with Crippen LogP contribution in [-0.2, 0) is 17.8 Å². The van der Waals surface area contributed by atoms with Crippen molar-refractivity contribution in [3.05, 3.63) is 59.7 Å². The van der Waals surface area contributed by atoms with Crippen molar-refractivity contribution in [1.29, 1.82) is 0 Å². The molecule has 0 aliphatic heterocycles. The minimum Gasteiger partial charge on any atom is -0.389 e. The third-order valence-electron chi connectivity index (χ3n) is 4.45. The molecular weight excluding hydrogens is 307 g/mol. The fraction of sp³-hybridized carbons (Fsp3) is 0.474. The van der Waals surface area contributed by atoms with Crippen LogP contribution in [0.25, 0.3) is 0 Å². The normalized spacial score (nSPS) is 15.8. The van der Waals surface area contributed by atoms with E-state index >= 15 is 0 Å². The lowest BCUT2D eigenvalue weighted by molar-refractivity contribution is 0.0332. The Hall–Kier alpha value is -1.69. The van der Waals surface area contributed by atoms with Crippen molar-refractivity contribution >= 4 is 0 Å². The molecule has 1 N–H and O–H groups in total. The molecule has 1 aromatic heterocycles. The molecule has 130 valence electrons. The van der Waals surface area contributed by atoms with E-state index < -0.39 is 6.10 Å². The Balaban J connectivity index is 1.68. The van der Waals surface area contributed by atoms with E-state index in [9.17, 15) is 9.50 Å². The lowest BCUT2D eigenvalue weighted by Crippen LogP contribution is -2.36. The molecule has 4 nitrogen and oxygen atoms in total. The van der Waals surface area contributed by atoms with Gasteiger partial charge in [-0.05, 0) is 31.0 Å². The molecule has 0 radical (unpaired) electrons. The topological polar surface area (TPSA) is 37.6 Å². The zero-order chi connectivity index (χ0) is 16.9. The monoisotopic (exact) mass is 332 g/mol. The van der Waals surface area contributed by atoms with E-state index in [1.54, 1.807) is 13.2 Å². The molecular formula is C19H25FN2O2. The van der Waals surface area contributed by atoms with Gasteiger partial charge < -0.3 is 14.4 Å². The number of aromatic nitrogens is 1. The Morgan fingerprint density at radius 1 is 1.29 bits per heavy atom. The van der Waals surface area contributed by atoms with Crippen LogP contribution < -0.4 is 0 Å². The fourth-order valence-corrected chi connectivity index (χ4v) is 3.06. The van der Waals surface area contributed by atoms with E-state index in [-0.39, 0.29) is 5.82 Å².